The molecule has 0 aromatic carbocycles. The van der Waals surface area contributed by atoms with E-state index in [4.69, 9.17) is 22.1 Å². The zero-order valence-electron chi connectivity index (χ0n) is 9.12. The van der Waals surface area contributed by atoms with E-state index in [1.165, 1.54) is 0 Å². The summed E-state index contributed by atoms with van der Waals surface area (Å²) in [6, 6.07) is 3.91. The Hall–Kier alpha value is -0.800. The zero-order valence-corrected chi connectivity index (χ0v) is 9.88. The molecule has 82 valence electrons. The molecule has 0 bridgehead atoms. The van der Waals surface area contributed by atoms with Crippen LogP contribution < -0.4 is 10.5 Å². The van der Waals surface area contributed by atoms with Gasteiger partial charge in [0.25, 0.3) is 0 Å². The summed E-state index contributed by atoms with van der Waals surface area (Å²) in [4.78, 5) is 4.14. The largest absolute Gasteiger partial charge is 0.481 e. The van der Waals surface area contributed by atoms with E-state index in [0.717, 1.165) is 5.56 Å². The topological polar surface area (TPSA) is 48.1 Å². The molecule has 3 nitrogen and oxygen atoms in total. The van der Waals surface area contributed by atoms with Crippen LogP contribution in [0.3, 0.4) is 0 Å². The Kier molecular flexibility index (Phi) is 2.40. The van der Waals surface area contributed by atoms with E-state index in [9.17, 15) is 0 Å². The van der Waals surface area contributed by atoms with Crippen molar-refractivity contribution in [3.8, 4) is 5.88 Å². The van der Waals surface area contributed by atoms with Gasteiger partial charge in [0.15, 0.2) is 0 Å². The predicted molar refractivity (Wildman–Crippen MR) is 60.3 cm³/mol. The molecule has 2 unspecified atom stereocenters. The van der Waals surface area contributed by atoms with Gasteiger partial charge in [-0.25, -0.2) is 4.98 Å². The molecule has 4 heteroatoms. The molecule has 0 saturated heterocycles. The van der Waals surface area contributed by atoms with E-state index in [2.05, 4.69) is 18.8 Å². The van der Waals surface area contributed by atoms with E-state index in [-0.39, 0.29) is 11.5 Å². The van der Waals surface area contributed by atoms with Gasteiger partial charge in [0, 0.05) is 17.5 Å². The van der Waals surface area contributed by atoms with Gasteiger partial charge in [-0.2, -0.15) is 0 Å². The van der Waals surface area contributed by atoms with Gasteiger partial charge in [0.05, 0.1) is 7.11 Å². The van der Waals surface area contributed by atoms with Crippen LogP contribution in [0, 0.1) is 5.41 Å². The van der Waals surface area contributed by atoms with Crippen LogP contribution in [0.15, 0.2) is 12.1 Å². The Morgan fingerprint density at radius 2 is 2.07 bits per heavy atom. The van der Waals surface area contributed by atoms with Crippen molar-refractivity contribution in [3.63, 3.8) is 0 Å². The summed E-state index contributed by atoms with van der Waals surface area (Å²) in [7, 11) is 1.60. The summed E-state index contributed by atoms with van der Waals surface area (Å²) in [6.45, 7) is 4.30. The molecule has 1 aromatic heterocycles. The molecule has 1 saturated carbocycles. The third-order valence-electron chi connectivity index (χ3n) is 3.29. The monoisotopic (exact) mass is 226 g/mol. The number of rotatable bonds is 2. The van der Waals surface area contributed by atoms with Crippen molar-refractivity contribution in [2.75, 3.05) is 7.11 Å². The van der Waals surface area contributed by atoms with Gasteiger partial charge in [-0.3, -0.25) is 0 Å². The van der Waals surface area contributed by atoms with Crippen molar-refractivity contribution in [3.05, 3.63) is 22.8 Å². The summed E-state index contributed by atoms with van der Waals surface area (Å²) in [6.07, 6.45) is 0. The van der Waals surface area contributed by atoms with Gasteiger partial charge in [0.2, 0.25) is 5.88 Å². The maximum absolute atomic E-state index is 6.02. The summed E-state index contributed by atoms with van der Waals surface area (Å²) in [5, 5.41) is 0.447. The van der Waals surface area contributed by atoms with E-state index < -0.39 is 0 Å². The molecule has 1 heterocycles. The molecular weight excluding hydrogens is 212 g/mol. The molecule has 0 amide bonds. The van der Waals surface area contributed by atoms with Gasteiger partial charge in [-0.15, -0.1) is 0 Å². The Bertz CT molecular complexity index is 392. The second-order valence-corrected chi connectivity index (χ2v) is 4.94. The zero-order chi connectivity index (χ0) is 11.2. The van der Waals surface area contributed by atoms with Crippen molar-refractivity contribution in [2.45, 2.75) is 25.8 Å². The van der Waals surface area contributed by atoms with E-state index >= 15 is 0 Å². The fourth-order valence-electron chi connectivity index (χ4n) is 2.10. The second kappa shape index (κ2) is 3.35. The van der Waals surface area contributed by atoms with Crippen molar-refractivity contribution in [2.24, 2.45) is 11.1 Å². The first kappa shape index (κ1) is 10.7. The van der Waals surface area contributed by atoms with Gasteiger partial charge >= 0.3 is 0 Å². The van der Waals surface area contributed by atoms with Crippen LogP contribution in [0.25, 0.3) is 0 Å². The molecule has 0 radical (unpaired) electrons. The first-order valence-corrected chi connectivity index (χ1v) is 5.32. The minimum Gasteiger partial charge on any atom is -0.481 e. The summed E-state index contributed by atoms with van der Waals surface area (Å²) < 4.78 is 5.22. The molecule has 15 heavy (non-hydrogen) atoms. The fourth-order valence-corrected chi connectivity index (χ4v) is 2.24. The number of nitrogens with zero attached hydrogens (tertiary/aromatic N) is 1. The average Bonchev–Trinajstić information content (AvgIpc) is 2.67. The van der Waals surface area contributed by atoms with Crippen molar-refractivity contribution >= 4 is 11.6 Å². The number of aromatic nitrogens is 1. The van der Waals surface area contributed by atoms with Crippen LogP contribution >= 0.6 is 11.6 Å². The van der Waals surface area contributed by atoms with Crippen molar-refractivity contribution in [1.29, 1.82) is 0 Å². The van der Waals surface area contributed by atoms with Crippen LogP contribution in [0.4, 0.5) is 0 Å². The second-order valence-electron chi connectivity index (χ2n) is 4.56. The molecular formula is C11H15ClN2O. The van der Waals surface area contributed by atoms with Gasteiger partial charge in [0.1, 0.15) is 5.15 Å². The number of methoxy groups -OCH3 is 1. The third-order valence-corrected chi connectivity index (χ3v) is 3.51. The van der Waals surface area contributed by atoms with Crippen LogP contribution in [0.1, 0.15) is 25.3 Å². The minimum atomic E-state index is 0.128. The Labute approximate surface area is 94.6 Å². The molecule has 1 aliphatic rings. The molecule has 1 fully saturated rings. The van der Waals surface area contributed by atoms with Crippen LogP contribution in [0.5, 0.6) is 5.88 Å². The van der Waals surface area contributed by atoms with Crippen molar-refractivity contribution < 1.29 is 4.74 Å². The number of pyridine rings is 1. The third kappa shape index (κ3) is 1.60. The lowest BCUT2D eigenvalue weighted by atomic mass is 10.0. The standard InChI is InChI=1S/C11H15ClN2O/c1-11(2)8(9(11)13)6-4-5-7(12)14-10(6)15-3/h4-5,8-9H,13H2,1-3H3. The van der Waals surface area contributed by atoms with Crippen LogP contribution in [-0.4, -0.2) is 18.1 Å². The number of hydrogen-bond acceptors (Lipinski definition) is 3. The summed E-state index contributed by atoms with van der Waals surface area (Å²) >= 11 is 5.81. The average molecular weight is 227 g/mol. The minimum absolute atomic E-state index is 0.128. The highest BCUT2D eigenvalue weighted by atomic mass is 35.5. The van der Waals surface area contributed by atoms with Gasteiger partial charge in [-0.1, -0.05) is 31.5 Å². The molecule has 2 atom stereocenters. The Morgan fingerprint density at radius 3 is 2.53 bits per heavy atom. The number of ether oxygens (including phenoxy) is 1. The maximum atomic E-state index is 6.02. The van der Waals surface area contributed by atoms with Crippen molar-refractivity contribution in [1.82, 2.24) is 4.98 Å². The Balaban J connectivity index is 2.38. The molecule has 2 rings (SSSR count). The van der Waals surface area contributed by atoms with Gasteiger partial charge < -0.3 is 10.5 Å². The highest BCUT2D eigenvalue weighted by molar-refractivity contribution is 6.29. The van der Waals surface area contributed by atoms with Gasteiger partial charge in [-0.05, 0) is 11.5 Å². The summed E-state index contributed by atoms with van der Waals surface area (Å²) in [5.74, 6) is 0.908. The lowest BCUT2D eigenvalue weighted by Crippen LogP contribution is -2.06. The summed E-state index contributed by atoms with van der Waals surface area (Å²) in [5.41, 5.74) is 7.20. The van der Waals surface area contributed by atoms with Crippen LogP contribution in [0.2, 0.25) is 5.15 Å². The highest BCUT2D eigenvalue weighted by Gasteiger charge is 2.57. The molecule has 0 aliphatic heterocycles. The first-order valence-electron chi connectivity index (χ1n) is 4.94. The molecule has 1 aliphatic carbocycles. The van der Waals surface area contributed by atoms with E-state index in [0.29, 0.717) is 17.0 Å². The number of nitrogens with two attached hydrogens (primary N) is 1. The number of halogens is 1. The quantitative estimate of drug-likeness (QED) is 0.787. The highest BCUT2D eigenvalue weighted by Crippen LogP contribution is 2.58. The molecule has 0 spiro atoms. The molecule has 1 aromatic rings. The lowest BCUT2D eigenvalue weighted by Gasteiger charge is -2.08. The van der Waals surface area contributed by atoms with Crippen LogP contribution in [-0.2, 0) is 0 Å². The van der Waals surface area contributed by atoms with E-state index in [1.807, 2.05) is 6.07 Å². The number of hydrogen-bond donors (Lipinski definition) is 1. The maximum Gasteiger partial charge on any atom is 0.218 e. The SMILES string of the molecule is COc1nc(Cl)ccc1C1C(N)C1(C)C. The Morgan fingerprint density at radius 1 is 1.47 bits per heavy atom. The normalized spacial score (nSPS) is 27.5. The molecule has 2 N–H and O–H groups in total. The smallest absolute Gasteiger partial charge is 0.218 e. The van der Waals surface area contributed by atoms with E-state index in [1.54, 1.807) is 13.2 Å². The predicted octanol–water partition coefficient (Wildman–Crippen LogP) is 2.19. The lowest BCUT2D eigenvalue weighted by molar-refractivity contribution is 0.390. The fraction of sp³-hybridized carbons (Fsp3) is 0.545. The first-order chi connectivity index (χ1) is 6.98.